The number of hydrogen-bond donors (Lipinski definition) is 2. The molecule has 0 bridgehead atoms. The normalized spacial score (nSPS) is 15.0. The number of benzene rings is 1. The number of urea groups is 1. The standard InChI is InChI=1S/C11H14ClN3O.C5H12/c12-9-1-3-10(4-2-9)14-11(16)15-7-5-13-6-8-15;1-5(2,3)4/h1-4,13H,5-8H2,(H,14,16);1-4H3. The summed E-state index contributed by atoms with van der Waals surface area (Å²) >= 11 is 5.77. The number of piperazine rings is 1. The number of hydrogen-bond acceptors (Lipinski definition) is 2. The van der Waals surface area contributed by atoms with Crippen molar-refractivity contribution < 1.29 is 4.79 Å². The molecule has 0 radical (unpaired) electrons. The molecule has 2 rings (SSSR count). The summed E-state index contributed by atoms with van der Waals surface area (Å²) in [6, 6.07) is 7.05. The molecule has 1 aromatic carbocycles. The predicted octanol–water partition coefficient (Wildman–Crippen LogP) is 3.83. The first kappa shape index (κ1) is 17.8. The molecule has 1 aromatic rings. The van der Waals surface area contributed by atoms with Crippen LogP contribution in [0.2, 0.25) is 5.02 Å². The van der Waals surface area contributed by atoms with E-state index in [2.05, 4.69) is 38.3 Å². The lowest BCUT2D eigenvalue weighted by Gasteiger charge is -2.27. The lowest BCUT2D eigenvalue weighted by atomic mass is 10.0. The fourth-order valence-electron chi connectivity index (χ4n) is 1.60. The van der Waals surface area contributed by atoms with E-state index in [1.165, 1.54) is 0 Å². The summed E-state index contributed by atoms with van der Waals surface area (Å²) in [6.45, 7) is 12.0. The summed E-state index contributed by atoms with van der Waals surface area (Å²) in [5.74, 6) is 0. The van der Waals surface area contributed by atoms with Crippen molar-refractivity contribution >= 4 is 23.3 Å². The van der Waals surface area contributed by atoms with Gasteiger partial charge < -0.3 is 15.5 Å². The molecule has 1 fully saturated rings. The summed E-state index contributed by atoms with van der Waals surface area (Å²) in [6.07, 6.45) is 0. The Bertz CT molecular complexity index is 428. The molecule has 0 unspecified atom stereocenters. The number of nitrogens with zero attached hydrogens (tertiary/aromatic N) is 1. The van der Waals surface area contributed by atoms with Crippen LogP contribution in [0, 0.1) is 5.41 Å². The van der Waals surface area contributed by atoms with Crippen molar-refractivity contribution in [3.05, 3.63) is 29.3 Å². The number of rotatable bonds is 1. The van der Waals surface area contributed by atoms with Crippen molar-refractivity contribution in [2.75, 3.05) is 31.5 Å². The highest BCUT2D eigenvalue weighted by atomic mass is 35.5. The van der Waals surface area contributed by atoms with Crippen LogP contribution < -0.4 is 10.6 Å². The average Bonchev–Trinajstić information content (AvgIpc) is 2.40. The highest BCUT2D eigenvalue weighted by Gasteiger charge is 2.15. The lowest BCUT2D eigenvalue weighted by Crippen LogP contribution is -2.48. The number of anilines is 1. The van der Waals surface area contributed by atoms with E-state index in [4.69, 9.17) is 11.6 Å². The van der Waals surface area contributed by atoms with Crippen LogP contribution in [0.15, 0.2) is 24.3 Å². The number of carbonyl (C=O) groups is 1. The lowest BCUT2D eigenvalue weighted by molar-refractivity contribution is 0.204. The molecule has 1 aliphatic rings. The van der Waals surface area contributed by atoms with Gasteiger partial charge in [-0.05, 0) is 29.7 Å². The summed E-state index contributed by atoms with van der Waals surface area (Å²) in [4.78, 5) is 13.6. The van der Waals surface area contributed by atoms with Gasteiger partial charge in [0.05, 0.1) is 0 Å². The van der Waals surface area contributed by atoms with Crippen LogP contribution in [-0.4, -0.2) is 37.1 Å². The van der Waals surface area contributed by atoms with Crippen LogP contribution >= 0.6 is 11.6 Å². The minimum absolute atomic E-state index is 0.0520. The molecule has 1 aliphatic heterocycles. The van der Waals surface area contributed by atoms with Crippen molar-refractivity contribution in [3.63, 3.8) is 0 Å². The fraction of sp³-hybridized carbons (Fsp3) is 0.562. The summed E-state index contributed by atoms with van der Waals surface area (Å²) in [5.41, 5.74) is 1.27. The molecular formula is C16H26ClN3O. The van der Waals surface area contributed by atoms with Crippen LogP contribution in [-0.2, 0) is 0 Å². The monoisotopic (exact) mass is 311 g/mol. The highest BCUT2D eigenvalue weighted by molar-refractivity contribution is 6.30. The second-order valence-corrected chi connectivity index (χ2v) is 7.11. The van der Waals surface area contributed by atoms with E-state index in [0.29, 0.717) is 10.4 Å². The van der Waals surface area contributed by atoms with E-state index in [1.54, 1.807) is 29.2 Å². The molecule has 5 heteroatoms. The first-order valence-corrected chi connectivity index (χ1v) is 7.66. The van der Waals surface area contributed by atoms with E-state index in [1.807, 2.05) is 0 Å². The van der Waals surface area contributed by atoms with Gasteiger partial charge in [-0.25, -0.2) is 4.79 Å². The molecular weight excluding hydrogens is 286 g/mol. The van der Waals surface area contributed by atoms with Crippen LogP contribution in [0.25, 0.3) is 0 Å². The van der Waals surface area contributed by atoms with Gasteiger partial charge in [-0.2, -0.15) is 0 Å². The van der Waals surface area contributed by atoms with Crippen LogP contribution in [0.4, 0.5) is 10.5 Å². The van der Waals surface area contributed by atoms with Gasteiger partial charge in [-0.3, -0.25) is 0 Å². The van der Waals surface area contributed by atoms with Crippen LogP contribution in [0.1, 0.15) is 27.7 Å². The minimum Gasteiger partial charge on any atom is -0.322 e. The second-order valence-electron chi connectivity index (χ2n) is 6.67. The molecule has 0 aromatic heterocycles. The highest BCUT2D eigenvalue weighted by Crippen LogP contribution is 2.14. The van der Waals surface area contributed by atoms with E-state index in [0.717, 1.165) is 31.9 Å². The largest absolute Gasteiger partial charge is 0.322 e. The van der Waals surface area contributed by atoms with Crippen molar-refractivity contribution in [2.45, 2.75) is 27.7 Å². The molecule has 2 amide bonds. The van der Waals surface area contributed by atoms with Crippen LogP contribution in [0.3, 0.4) is 0 Å². The summed E-state index contributed by atoms with van der Waals surface area (Å²) in [7, 11) is 0. The van der Waals surface area contributed by atoms with Gasteiger partial charge in [0.1, 0.15) is 0 Å². The maximum absolute atomic E-state index is 11.8. The van der Waals surface area contributed by atoms with Crippen molar-refractivity contribution in [1.82, 2.24) is 10.2 Å². The zero-order valence-electron chi connectivity index (χ0n) is 13.4. The Balaban J connectivity index is 0.000000383. The Morgan fingerprint density at radius 1 is 1.14 bits per heavy atom. The van der Waals surface area contributed by atoms with E-state index >= 15 is 0 Å². The van der Waals surface area contributed by atoms with E-state index in [9.17, 15) is 4.79 Å². The molecule has 1 saturated heterocycles. The third-order valence-corrected chi connectivity index (χ3v) is 2.75. The zero-order chi connectivity index (χ0) is 15.9. The Labute approximate surface area is 132 Å². The number of carbonyl (C=O) groups excluding carboxylic acids is 1. The average molecular weight is 312 g/mol. The molecule has 0 atom stereocenters. The quantitative estimate of drug-likeness (QED) is 0.828. The Morgan fingerprint density at radius 2 is 1.62 bits per heavy atom. The van der Waals surface area contributed by atoms with E-state index in [-0.39, 0.29) is 6.03 Å². The van der Waals surface area contributed by atoms with Crippen LogP contribution in [0.5, 0.6) is 0 Å². The van der Waals surface area contributed by atoms with Gasteiger partial charge in [-0.15, -0.1) is 0 Å². The topological polar surface area (TPSA) is 44.4 Å². The molecule has 118 valence electrons. The van der Waals surface area contributed by atoms with Gasteiger partial charge >= 0.3 is 6.03 Å². The number of nitrogens with one attached hydrogen (secondary N) is 2. The SMILES string of the molecule is CC(C)(C)C.O=C(Nc1ccc(Cl)cc1)N1CCNCC1. The molecule has 2 N–H and O–H groups in total. The molecule has 1 heterocycles. The number of amides is 2. The Kier molecular flexibility index (Phi) is 6.99. The maximum atomic E-state index is 11.8. The molecule has 4 nitrogen and oxygen atoms in total. The Hall–Kier alpha value is -1.26. The fourth-order valence-corrected chi connectivity index (χ4v) is 1.73. The molecule has 0 spiro atoms. The number of halogens is 1. The summed E-state index contributed by atoms with van der Waals surface area (Å²) in [5, 5.41) is 6.71. The maximum Gasteiger partial charge on any atom is 0.321 e. The van der Waals surface area contributed by atoms with Gasteiger partial charge in [0, 0.05) is 36.9 Å². The molecule has 0 saturated carbocycles. The van der Waals surface area contributed by atoms with Gasteiger partial charge in [0.2, 0.25) is 0 Å². The first-order chi connectivity index (χ1) is 9.75. The Morgan fingerprint density at radius 3 is 2.10 bits per heavy atom. The molecule has 21 heavy (non-hydrogen) atoms. The predicted molar refractivity (Wildman–Crippen MR) is 90.0 cm³/mol. The minimum atomic E-state index is -0.0520. The van der Waals surface area contributed by atoms with Crippen molar-refractivity contribution in [3.8, 4) is 0 Å². The summed E-state index contributed by atoms with van der Waals surface area (Å²) < 4.78 is 0. The van der Waals surface area contributed by atoms with E-state index < -0.39 is 0 Å². The van der Waals surface area contributed by atoms with Crippen molar-refractivity contribution in [1.29, 1.82) is 0 Å². The van der Waals surface area contributed by atoms with Gasteiger partial charge in [0.25, 0.3) is 0 Å². The van der Waals surface area contributed by atoms with Crippen molar-refractivity contribution in [2.24, 2.45) is 5.41 Å². The van der Waals surface area contributed by atoms with Gasteiger partial charge in [0.15, 0.2) is 0 Å². The third kappa shape index (κ3) is 8.58. The molecule has 0 aliphatic carbocycles. The second kappa shape index (κ2) is 8.25. The third-order valence-electron chi connectivity index (χ3n) is 2.50. The first-order valence-electron chi connectivity index (χ1n) is 7.28. The smallest absolute Gasteiger partial charge is 0.321 e. The zero-order valence-corrected chi connectivity index (χ0v) is 14.1. The van der Waals surface area contributed by atoms with Gasteiger partial charge in [-0.1, -0.05) is 39.3 Å².